The third-order valence-electron chi connectivity index (χ3n) is 11.2. The molecule has 4 unspecified atom stereocenters. The number of rotatable bonds is 26. The molecule has 0 fully saturated rings. The van der Waals surface area contributed by atoms with Gasteiger partial charge in [-0.05, 0) is 61.6 Å². The molecule has 0 aliphatic carbocycles. The molecule has 2 aromatic carbocycles. The molecule has 2 rings (SSSR count). The molecule has 0 saturated heterocycles. The van der Waals surface area contributed by atoms with Crippen LogP contribution in [0.15, 0.2) is 106 Å². The van der Waals surface area contributed by atoms with Gasteiger partial charge in [-0.3, -0.25) is 24.0 Å². The highest BCUT2D eigenvalue weighted by Crippen LogP contribution is 2.47. The van der Waals surface area contributed by atoms with Gasteiger partial charge < -0.3 is 35.8 Å². The second-order valence-corrected chi connectivity index (χ2v) is 16.0. The van der Waals surface area contributed by atoms with E-state index in [-0.39, 0.29) is 75.1 Å². The number of ether oxygens (including phenoxy) is 2. The van der Waals surface area contributed by atoms with Crippen LogP contribution in [0.4, 0.5) is 0 Å². The lowest BCUT2D eigenvalue weighted by Crippen LogP contribution is -2.48. The molecule has 3 amide bonds. The number of carbonyl (C=O) groups is 5. The number of nitrogens with one attached hydrogen (secondary N) is 2. The van der Waals surface area contributed by atoms with E-state index in [9.17, 15) is 29.1 Å². The molecule has 0 bridgehead atoms. The molecule has 0 radical (unpaired) electrons. The Labute approximate surface area is 390 Å². The van der Waals surface area contributed by atoms with Crippen molar-refractivity contribution in [3.63, 3.8) is 0 Å². The van der Waals surface area contributed by atoms with Crippen molar-refractivity contribution in [1.82, 2.24) is 10.6 Å². The average molecular weight is 914 g/mol. The largest absolute Gasteiger partial charge is 0.512 e. The van der Waals surface area contributed by atoms with Crippen LogP contribution >= 0.6 is 0 Å². The Bertz CT molecular complexity index is 1710. The standard InChI is InChI=1S/C39H55N3O6.C6H12O5.2C2H4.2CH4/c1-25(2)38(8,28(6)44)23-32(34(40)46)22-37(7,27(5)43)24-39(9,26(3)4)36(48)42-21-13-20-41-35(47)31-18-16-30(17-19-31)33(45)29-14-11-10-12-15-29;1-7-3-5-9-11-10-6-4-8-2;2*1-2;;/h10-12,14-19,25-26,32,44H,6,13,20-24H2,1-5,7-9H3,(H2,40,46)(H,41,47)(H,42,48);3,5H,4,6H2,1-2H3;2*1-2H2;2*1H4/b;5-3+;;;;. The van der Waals surface area contributed by atoms with Crippen LogP contribution in [0.3, 0.4) is 0 Å². The fourth-order valence-corrected chi connectivity index (χ4v) is 6.32. The minimum atomic E-state index is -1.04. The normalized spacial score (nSPS) is 13.5. The van der Waals surface area contributed by atoms with Gasteiger partial charge in [0.05, 0.1) is 19.5 Å². The summed E-state index contributed by atoms with van der Waals surface area (Å²) in [6, 6.07) is 15.4. The number of amides is 3. The second-order valence-electron chi connectivity index (χ2n) is 16.0. The van der Waals surface area contributed by atoms with Crippen LogP contribution in [0.5, 0.6) is 0 Å². The number of benzene rings is 2. The zero-order valence-electron chi connectivity index (χ0n) is 39.4. The number of aliphatic hydroxyl groups is 1. The van der Waals surface area contributed by atoms with Gasteiger partial charge in [0.1, 0.15) is 18.7 Å². The molecule has 0 saturated carbocycles. The summed E-state index contributed by atoms with van der Waals surface area (Å²) >= 11 is 0. The van der Waals surface area contributed by atoms with Gasteiger partial charge in [-0.15, -0.1) is 26.3 Å². The van der Waals surface area contributed by atoms with E-state index in [2.05, 4.69) is 67.8 Å². The lowest BCUT2D eigenvalue weighted by Gasteiger charge is -2.42. The fraction of sp³-hybridized carbons (Fsp3) is 0.510. The van der Waals surface area contributed by atoms with Gasteiger partial charge in [0.2, 0.25) is 11.8 Å². The highest BCUT2D eigenvalue weighted by atomic mass is 17.5. The predicted octanol–water partition coefficient (Wildman–Crippen LogP) is 9.92. The highest BCUT2D eigenvalue weighted by Gasteiger charge is 2.47. The van der Waals surface area contributed by atoms with E-state index < -0.39 is 28.1 Å². The Morgan fingerprint density at radius 3 is 1.72 bits per heavy atom. The molecule has 14 heteroatoms. The molecule has 0 heterocycles. The summed E-state index contributed by atoms with van der Waals surface area (Å²) in [6.07, 6.45) is 3.54. The van der Waals surface area contributed by atoms with E-state index in [1.54, 1.807) is 62.6 Å². The molecule has 2 aromatic rings. The van der Waals surface area contributed by atoms with Crippen LogP contribution in [0.2, 0.25) is 0 Å². The summed E-state index contributed by atoms with van der Waals surface area (Å²) in [6.45, 7) is 31.8. The van der Waals surface area contributed by atoms with Crippen molar-refractivity contribution in [1.29, 1.82) is 0 Å². The molecular formula is C51H83N3O11. The summed E-state index contributed by atoms with van der Waals surface area (Å²) < 4.78 is 9.17. The third kappa shape index (κ3) is 22.8. The van der Waals surface area contributed by atoms with Crippen molar-refractivity contribution in [3.8, 4) is 0 Å². The van der Waals surface area contributed by atoms with E-state index in [1.165, 1.54) is 26.6 Å². The van der Waals surface area contributed by atoms with Crippen molar-refractivity contribution in [2.75, 3.05) is 40.5 Å². The average Bonchev–Trinajstić information content (AvgIpc) is 3.26. The van der Waals surface area contributed by atoms with Gasteiger partial charge in [0.25, 0.3) is 5.91 Å². The van der Waals surface area contributed by atoms with Gasteiger partial charge in [0.15, 0.2) is 12.0 Å². The Kier molecular flexibility index (Phi) is 35.3. The Morgan fingerprint density at radius 2 is 1.26 bits per heavy atom. The summed E-state index contributed by atoms with van der Waals surface area (Å²) in [5.74, 6) is -2.28. The molecule has 14 nitrogen and oxygen atoms in total. The van der Waals surface area contributed by atoms with Gasteiger partial charge >= 0.3 is 0 Å². The third-order valence-corrected chi connectivity index (χ3v) is 11.2. The Hall–Kier alpha value is -5.57. The number of primary amides is 1. The zero-order valence-corrected chi connectivity index (χ0v) is 39.4. The summed E-state index contributed by atoms with van der Waals surface area (Å²) in [4.78, 5) is 73.6. The number of nitrogens with two attached hydrogens (primary N) is 1. The maximum atomic E-state index is 13.7. The SMILES string of the molecule is C.C.C=C.C=C.C=C(O)C(C)(CC(CC(C)(CC(C)(C(=O)NCCCNC(=O)c1ccc(C(=O)c2ccccc2)cc1)C(C)C)C(C)=O)C(N)=O)C(C)C.CO/C=C/OOOCCOC. The zero-order chi connectivity index (χ0) is 48.8. The van der Waals surface area contributed by atoms with E-state index in [4.69, 9.17) is 5.73 Å². The summed E-state index contributed by atoms with van der Waals surface area (Å²) in [5, 5.41) is 20.4. The van der Waals surface area contributed by atoms with Gasteiger partial charge in [0, 0.05) is 59.1 Å². The predicted molar refractivity (Wildman–Crippen MR) is 261 cm³/mol. The molecule has 5 N–H and O–H groups in total. The summed E-state index contributed by atoms with van der Waals surface area (Å²) in [7, 11) is 3.06. The molecular weight excluding hydrogens is 831 g/mol. The van der Waals surface area contributed by atoms with Crippen LogP contribution < -0.4 is 16.4 Å². The number of hydrogen-bond acceptors (Lipinski definition) is 11. The number of hydrogen-bond donors (Lipinski definition) is 4. The maximum Gasteiger partial charge on any atom is 0.251 e. The van der Waals surface area contributed by atoms with Crippen molar-refractivity contribution in [2.24, 2.45) is 39.7 Å². The molecule has 65 heavy (non-hydrogen) atoms. The van der Waals surface area contributed by atoms with Crippen molar-refractivity contribution in [2.45, 2.75) is 95.9 Å². The highest BCUT2D eigenvalue weighted by molar-refractivity contribution is 6.09. The topological polar surface area (TPSA) is 202 Å². The first kappa shape index (κ1) is 66.0. The first-order chi connectivity index (χ1) is 29.7. The quantitative estimate of drug-likeness (QED) is 0.0175. The monoisotopic (exact) mass is 914 g/mol. The van der Waals surface area contributed by atoms with E-state index in [0.29, 0.717) is 49.4 Å². The van der Waals surface area contributed by atoms with Crippen LogP contribution in [-0.2, 0) is 38.7 Å². The van der Waals surface area contributed by atoms with Crippen LogP contribution in [-0.4, -0.2) is 74.9 Å². The molecule has 4 atom stereocenters. The number of carbonyl (C=O) groups excluding carboxylic acids is 5. The van der Waals surface area contributed by atoms with Crippen LogP contribution in [0, 0.1) is 34.0 Å². The van der Waals surface area contributed by atoms with Crippen LogP contribution in [0.25, 0.3) is 0 Å². The van der Waals surface area contributed by atoms with E-state index in [0.717, 1.165) is 0 Å². The number of ketones is 2. The molecule has 0 aliphatic rings. The molecule has 368 valence electrons. The van der Waals surface area contributed by atoms with Crippen molar-refractivity contribution in [3.05, 3.63) is 122 Å². The number of methoxy groups -OCH3 is 2. The number of allylic oxidation sites excluding steroid dienone is 1. The van der Waals surface area contributed by atoms with Crippen molar-refractivity contribution >= 4 is 29.3 Å². The lowest BCUT2D eigenvalue weighted by atomic mass is 9.61. The first-order valence-electron chi connectivity index (χ1n) is 20.8. The van der Waals surface area contributed by atoms with Crippen molar-refractivity contribution < 1.29 is 53.4 Å². The fourth-order valence-electron chi connectivity index (χ4n) is 6.32. The minimum Gasteiger partial charge on any atom is -0.512 e. The lowest BCUT2D eigenvalue weighted by molar-refractivity contribution is -0.491. The first-order valence-corrected chi connectivity index (χ1v) is 20.8. The maximum absolute atomic E-state index is 13.7. The minimum absolute atomic E-state index is 0. The van der Waals surface area contributed by atoms with Gasteiger partial charge in [-0.1, -0.05) is 112 Å². The van der Waals surface area contributed by atoms with E-state index >= 15 is 0 Å². The second kappa shape index (κ2) is 34.8. The van der Waals surface area contributed by atoms with Gasteiger partial charge in [-0.25, -0.2) is 0 Å². The smallest absolute Gasteiger partial charge is 0.251 e. The molecule has 0 spiro atoms. The van der Waals surface area contributed by atoms with Crippen LogP contribution in [0.1, 0.15) is 122 Å². The number of Topliss-reactive ketones (excluding diaryl/α,β-unsaturated/α-hetero) is 1. The summed E-state index contributed by atoms with van der Waals surface area (Å²) in [5.41, 5.74) is 4.56. The Morgan fingerprint density at radius 1 is 0.754 bits per heavy atom. The Balaban J connectivity index is -0.000000945. The number of aliphatic hydroxyl groups excluding tert-OH is 1. The van der Waals surface area contributed by atoms with Gasteiger partial charge in [-0.2, -0.15) is 4.89 Å². The molecule has 0 aliphatic heterocycles. The van der Waals surface area contributed by atoms with E-state index in [1.807, 2.05) is 47.6 Å². The molecule has 0 aromatic heterocycles.